The van der Waals surface area contributed by atoms with Crippen LogP contribution in [0.5, 0.6) is 69.0 Å². The van der Waals surface area contributed by atoms with E-state index in [1.54, 1.807) is 218 Å². The molecule has 0 aliphatic carbocycles. The molecule has 562 valence electrons. The van der Waals surface area contributed by atoms with Gasteiger partial charge in [-0.25, -0.2) is 31.7 Å². The van der Waals surface area contributed by atoms with Crippen LogP contribution in [0.1, 0.15) is 63.7 Å². The van der Waals surface area contributed by atoms with Crippen molar-refractivity contribution in [2.24, 2.45) is 20.4 Å². The van der Waals surface area contributed by atoms with Gasteiger partial charge in [-0.15, -0.1) is 0 Å². The topological polar surface area (TPSA) is 389 Å². The smallest absolute Gasteiger partial charge is 0.507 e. The van der Waals surface area contributed by atoms with Crippen molar-refractivity contribution < 1.29 is 78.0 Å². The van der Waals surface area contributed by atoms with Gasteiger partial charge in [0.1, 0.15) is 69.0 Å². The Morgan fingerprint density at radius 1 is 0.299 bits per heavy atom. The molecule has 0 saturated carbocycles. The van der Waals surface area contributed by atoms with E-state index in [1.165, 1.54) is 73.4 Å². The molecule has 17 rings (SSSR count). The van der Waals surface area contributed by atoms with Crippen LogP contribution in [-0.4, -0.2) is 98.8 Å². The third-order valence-electron chi connectivity index (χ3n) is 18.3. The minimum atomic E-state index is -0.651. The Hall–Kier alpha value is -16.4. The molecule has 117 heavy (non-hydrogen) atoms. The molecule has 0 spiro atoms. The predicted molar refractivity (Wildman–Crippen MR) is 433 cm³/mol. The minimum Gasteiger partial charge on any atom is -0.507 e. The Kier molecular flexibility index (Phi) is 21.0. The molecule has 8 bridgehead atoms. The first-order valence-corrected chi connectivity index (χ1v) is 35.6. The summed E-state index contributed by atoms with van der Waals surface area (Å²) in [6, 6.07) is 73.5. The number of aromatic nitrogens is 8. The molecular weight excluding hydrogens is 1540 g/mol. The van der Waals surface area contributed by atoms with Gasteiger partial charge in [-0.05, 0) is 150 Å². The molecule has 28 nitrogen and oxygen atoms in total. The zero-order valence-corrected chi connectivity index (χ0v) is 63.8. The van der Waals surface area contributed by atoms with Crippen LogP contribution in [-0.2, 0) is 19.5 Å². The number of nitrogens with zero attached hydrogens (tertiary/aromatic N) is 12. The number of hydrogen-bond donors (Lipinski definition) is 8. The van der Waals surface area contributed by atoms with Gasteiger partial charge >= 0.3 is 19.5 Å². The molecule has 2 aliphatic heterocycles. The number of fused-ring (bicyclic) bond motifs is 20. The van der Waals surface area contributed by atoms with Gasteiger partial charge in [-0.2, -0.15) is 20.4 Å². The summed E-state index contributed by atoms with van der Waals surface area (Å²) in [7, 11) is 0. The summed E-state index contributed by atoms with van der Waals surface area (Å²) in [5.41, 5.74) is 13.8. The number of ether oxygens (including phenoxy) is 4. The number of phenols is 4. The summed E-state index contributed by atoms with van der Waals surface area (Å²) < 4.78 is 27.4. The van der Waals surface area contributed by atoms with E-state index in [4.69, 9.17) is 58.8 Å². The fourth-order valence-electron chi connectivity index (χ4n) is 12.8. The molecular formula is C88H56N16O12Zn. The van der Waals surface area contributed by atoms with Crippen molar-refractivity contribution in [1.29, 1.82) is 0 Å². The zero-order valence-electron chi connectivity index (χ0n) is 60.8. The quantitative estimate of drug-likeness (QED) is 0.0200. The van der Waals surface area contributed by atoms with Gasteiger partial charge in [-0.1, -0.05) is 133 Å². The maximum Gasteiger partial charge on any atom is 2.00 e. The van der Waals surface area contributed by atoms with Gasteiger partial charge in [0.25, 0.3) is 23.6 Å². The zero-order chi connectivity index (χ0) is 79.2. The molecule has 15 aromatic rings. The largest absolute Gasteiger partial charge is 2.00 e. The molecule has 0 radical (unpaired) electrons. The van der Waals surface area contributed by atoms with Crippen molar-refractivity contribution in [2.45, 2.75) is 0 Å². The average molecular weight is 1590 g/mol. The number of carbonyl (C=O) groups is 4. The number of hydrazone groups is 4. The van der Waals surface area contributed by atoms with E-state index in [-0.39, 0.29) is 128 Å². The van der Waals surface area contributed by atoms with Crippen molar-refractivity contribution in [3.8, 4) is 115 Å². The number of amides is 4. The van der Waals surface area contributed by atoms with Gasteiger partial charge in [-0.3, -0.25) is 19.2 Å². The summed E-state index contributed by atoms with van der Waals surface area (Å²) in [5, 5.41) is 60.3. The van der Waals surface area contributed by atoms with Crippen molar-refractivity contribution in [1.82, 2.24) is 61.6 Å². The third kappa shape index (κ3) is 15.6. The maximum absolute atomic E-state index is 13.2. The third-order valence-corrected chi connectivity index (χ3v) is 18.3. The van der Waals surface area contributed by atoms with Crippen LogP contribution >= 0.6 is 0 Å². The molecule has 5 heterocycles. The van der Waals surface area contributed by atoms with Crippen LogP contribution < -0.4 is 50.6 Å². The Morgan fingerprint density at radius 2 is 0.615 bits per heavy atom. The van der Waals surface area contributed by atoms with Crippen molar-refractivity contribution in [3.63, 3.8) is 0 Å². The van der Waals surface area contributed by atoms with E-state index in [2.05, 4.69) is 42.1 Å². The Labute approximate surface area is 674 Å². The normalized spacial score (nSPS) is 11.5. The van der Waals surface area contributed by atoms with E-state index in [0.717, 1.165) is 0 Å². The molecule has 12 aromatic carbocycles. The van der Waals surface area contributed by atoms with Gasteiger partial charge in [0.2, 0.25) is 0 Å². The van der Waals surface area contributed by atoms with E-state index < -0.39 is 23.6 Å². The molecule has 3 aromatic heterocycles. The van der Waals surface area contributed by atoms with Crippen molar-refractivity contribution in [2.75, 3.05) is 0 Å². The second kappa shape index (κ2) is 32.9. The average Bonchev–Trinajstić information content (AvgIpc) is 1.59. The van der Waals surface area contributed by atoms with Crippen LogP contribution in [0, 0.1) is 0 Å². The predicted octanol–water partition coefficient (Wildman–Crippen LogP) is 15.2. The second-order valence-electron chi connectivity index (χ2n) is 25.7. The van der Waals surface area contributed by atoms with E-state index in [9.17, 15) is 39.6 Å². The van der Waals surface area contributed by atoms with E-state index >= 15 is 0 Å². The first-order valence-electron chi connectivity index (χ1n) is 35.6. The molecule has 8 N–H and O–H groups in total. The number of phenolic OH excluding ortho intramolecular Hbond substituents is 4. The number of para-hydroxylation sites is 8. The molecule has 4 amide bonds. The number of hydrogen-bond acceptors (Lipinski definition) is 22. The van der Waals surface area contributed by atoms with Crippen molar-refractivity contribution >= 4 is 92.6 Å². The van der Waals surface area contributed by atoms with Crippen LogP contribution in [0.4, 0.5) is 0 Å². The SMILES string of the molecule is O=C(N/N=C/c1ccccc1Oc1ccc2c3nc4nc(nc5[n-]c(nc6nc(nc([n-]3)c2c1)-c1cccc(Oc2ccccc2/C=N/NC(=O)c2ccccc2O)c1-6)c1cccc(Oc2ccccc2/C=N/NC(=O)c2ccccc2O)c51)-c1cccc(Oc2ccccc2/C=N/NC(=O)c2ccccc2O)c1-4)c1ccccc1O.[Zn+2]. The molecule has 0 atom stereocenters. The number of rotatable bonds is 20. The first-order chi connectivity index (χ1) is 56.8. The Bertz CT molecular complexity index is 6700. The van der Waals surface area contributed by atoms with Crippen LogP contribution in [0.15, 0.2) is 287 Å². The summed E-state index contributed by atoms with van der Waals surface area (Å²) in [6.07, 6.45) is 5.63. The van der Waals surface area contributed by atoms with Gasteiger partial charge in [0.05, 0.1) is 81.5 Å². The summed E-state index contributed by atoms with van der Waals surface area (Å²) >= 11 is 0. The second-order valence-corrected chi connectivity index (χ2v) is 25.7. The van der Waals surface area contributed by atoms with Gasteiger partial charge < -0.3 is 69.3 Å². The van der Waals surface area contributed by atoms with E-state index in [0.29, 0.717) is 94.8 Å². The Morgan fingerprint density at radius 3 is 1.03 bits per heavy atom. The molecule has 0 unspecified atom stereocenters. The van der Waals surface area contributed by atoms with Gasteiger partial charge in [0.15, 0.2) is 0 Å². The van der Waals surface area contributed by atoms with E-state index in [1.807, 2.05) is 0 Å². The summed E-state index contributed by atoms with van der Waals surface area (Å²) in [5.74, 6) is -0.778. The van der Waals surface area contributed by atoms with Crippen molar-refractivity contribution in [3.05, 3.63) is 311 Å². The van der Waals surface area contributed by atoms with Gasteiger partial charge in [0, 0.05) is 61.4 Å². The fourth-order valence-corrected chi connectivity index (χ4v) is 12.8. The molecule has 2 aliphatic rings. The maximum atomic E-state index is 13.2. The number of benzene rings is 12. The van der Waals surface area contributed by atoms with Crippen LogP contribution in [0.2, 0.25) is 0 Å². The molecule has 29 heteroatoms. The van der Waals surface area contributed by atoms with Crippen LogP contribution in [0.25, 0.3) is 89.7 Å². The first kappa shape index (κ1) is 74.7. The standard InChI is InChI=1S/C88H58N16O12.Zn/c105-63-31-9-5-24-55(63)85(109)101-89-45-49-20-1-13-35-67(49)113-53-42-43-54-62(44-53)81-93-77(54)95-82-75-60(29-18-40-72(75)115-69-37-15-3-22-51(69)47-91-103-87(111)57-26-7-11-33-65(57)107)79(97-82)99-84-76-61(30-19-41-73(76)116-70-38-16-4-23-52(70)48-92-104-88(112)58-27-8-12-34-66(58)108)80(100-84)98-83-74-59(78(94-81)96-83)28-17-39-71(74)114-68-36-14-2-21-50(68)46-90-102-86(110)56-25-6-10-32-64(56)106;/h1-48H,(H10,93,94,95,96,97,98,99,100,101,102,103,104,105,106,107,108,109,110,111,112);/q;+2/p-2/b89-45+,90-46+,91-47+,92-48+;. The number of carbonyl (C=O) groups excluding carboxylic acids is 4. The minimum absolute atomic E-state index is 0. The monoisotopic (exact) mass is 1590 g/mol. The number of nitrogens with one attached hydrogen (secondary N) is 4. The number of aromatic hydroxyl groups is 4. The summed E-state index contributed by atoms with van der Waals surface area (Å²) in [6.45, 7) is 0. The fraction of sp³-hybridized carbons (Fsp3) is 0. The van der Waals surface area contributed by atoms with Crippen LogP contribution in [0.3, 0.4) is 0 Å². The Balaban J connectivity index is 0.0000102. The molecule has 0 fully saturated rings. The summed E-state index contributed by atoms with van der Waals surface area (Å²) in [4.78, 5) is 94.9. The molecule has 0 saturated heterocycles.